The molecule has 16 heavy (non-hydrogen) atoms. The van der Waals surface area contributed by atoms with Gasteiger partial charge >= 0.3 is 0 Å². The van der Waals surface area contributed by atoms with Crippen molar-refractivity contribution in [1.29, 1.82) is 0 Å². The van der Waals surface area contributed by atoms with Crippen molar-refractivity contribution in [1.82, 2.24) is 10.2 Å². The Morgan fingerprint density at radius 1 is 1.50 bits per heavy atom. The van der Waals surface area contributed by atoms with Gasteiger partial charge in [-0.3, -0.25) is 4.90 Å². The highest BCUT2D eigenvalue weighted by Gasteiger charge is 2.15. The Balaban J connectivity index is 1.81. The van der Waals surface area contributed by atoms with Gasteiger partial charge in [0.2, 0.25) is 0 Å². The zero-order chi connectivity index (χ0) is 11.4. The lowest BCUT2D eigenvalue weighted by atomic mass is 10.0. The van der Waals surface area contributed by atoms with E-state index >= 15 is 0 Å². The molecule has 0 aromatic rings. The minimum atomic E-state index is 0.803. The summed E-state index contributed by atoms with van der Waals surface area (Å²) in [5.74, 6) is 0. The Kier molecular flexibility index (Phi) is 4.16. The summed E-state index contributed by atoms with van der Waals surface area (Å²) in [6.07, 6.45) is 3.48. The normalized spacial score (nSPS) is 21.6. The second-order valence-electron chi connectivity index (χ2n) is 4.77. The molecule has 0 unspecified atom stereocenters. The third-order valence-electron chi connectivity index (χ3n) is 3.46. The fourth-order valence-corrected chi connectivity index (χ4v) is 2.21. The van der Waals surface area contributed by atoms with Crippen molar-refractivity contribution in [3.8, 4) is 0 Å². The van der Waals surface area contributed by atoms with Gasteiger partial charge in [0.05, 0.1) is 6.61 Å². The van der Waals surface area contributed by atoms with Crippen LogP contribution < -0.4 is 5.32 Å². The minimum Gasteiger partial charge on any atom is -0.380 e. The zero-order valence-electron chi connectivity index (χ0n) is 10.4. The van der Waals surface area contributed by atoms with Crippen LogP contribution in [0.1, 0.15) is 13.3 Å². The molecule has 1 N–H and O–H groups in total. The first kappa shape index (κ1) is 11.8. The maximum absolute atomic E-state index is 5.16. The fourth-order valence-electron chi connectivity index (χ4n) is 2.21. The van der Waals surface area contributed by atoms with Crippen molar-refractivity contribution in [3.63, 3.8) is 0 Å². The van der Waals surface area contributed by atoms with Gasteiger partial charge in [0.15, 0.2) is 0 Å². The van der Waals surface area contributed by atoms with E-state index in [0.29, 0.717) is 0 Å². The number of methoxy groups -OCH3 is 1. The quantitative estimate of drug-likeness (QED) is 0.723. The van der Waals surface area contributed by atoms with Gasteiger partial charge < -0.3 is 10.1 Å². The zero-order valence-corrected chi connectivity index (χ0v) is 10.4. The summed E-state index contributed by atoms with van der Waals surface area (Å²) in [5.41, 5.74) is 4.61. The van der Waals surface area contributed by atoms with Gasteiger partial charge in [0.25, 0.3) is 0 Å². The largest absolute Gasteiger partial charge is 0.380 e. The summed E-state index contributed by atoms with van der Waals surface area (Å²) in [5, 5.41) is 3.30. The maximum atomic E-state index is 5.16. The summed E-state index contributed by atoms with van der Waals surface area (Å²) in [6, 6.07) is 0. The average molecular weight is 222 g/mol. The molecule has 2 heterocycles. The molecule has 3 heteroatoms. The molecule has 2 rings (SSSR count). The highest BCUT2D eigenvalue weighted by atomic mass is 16.5. The highest BCUT2D eigenvalue weighted by molar-refractivity contribution is 5.23. The maximum Gasteiger partial charge on any atom is 0.0673 e. The van der Waals surface area contributed by atoms with E-state index in [1.165, 1.54) is 12.1 Å². The fraction of sp³-hybridized carbons (Fsp3) is 0.692. The second-order valence-corrected chi connectivity index (χ2v) is 4.77. The molecule has 0 saturated carbocycles. The van der Waals surface area contributed by atoms with Crippen LogP contribution in [0.3, 0.4) is 0 Å². The van der Waals surface area contributed by atoms with E-state index in [1.807, 2.05) is 0 Å². The Bertz CT molecular complexity index is 301. The van der Waals surface area contributed by atoms with Crippen molar-refractivity contribution in [2.45, 2.75) is 13.3 Å². The van der Waals surface area contributed by atoms with Crippen LogP contribution in [0.4, 0.5) is 0 Å². The smallest absolute Gasteiger partial charge is 0.0673 e. The molecule has 0 amide bonds. The van der Waals surface area contributed by atoms with Crippen molar-refractivity contribution in [3.05, 3.63) is 22.8 Å². The van der Waals surface area contributed by atoms with Crippen molar-refractivity contribution < 1.29 is 4.74 Å². The molecule has 0 aromatic carbocycles. The monoisotopic (exact) mass is 222 g/mol. The van der Waals surface area contributed by atoms with Gasteiger partial charge in [0.1, 0.15) is 0 Å². The Morgan fingerprint density at radius 3 is 2.81 bits per heavy atom. The number of rotatable bonds is 4. The number of ether oxygens (including phenoxy) is 1. The predicted octanol–water partition coefficient (Wildman–Crippen LogP) is 1.18. The van der Waals surface area contributed by atoms with E-state index < -0.39 is 0 Å². The summed E-state index contributed by atoms with van der Waals surface area (Å²) in [4.78, 5) is 2.51. The lowest BCUT2D eigenvalue weighted by Gasteiger charge is -2.29. The van der Waals surface area contributed by atoms with Crippen LogP contribution in [0.15, 0.2) is 22.8 Å². The molecule has 2 aliphatic heterocycles. The van der Waals surface area contributed by atoms with E-state index in [9.17, 15) is 0 Å². The lowest BCUT2D eigenvalue weighted by molar-refractivity contribution is 0.213. The molecule has 0 aliphatic carbocycles. The van der Waals surface area contributed by atoms with Crippen LogP contribution in [0, 0.1) is 0 Å². The van der Waals surface area contributed by atoms with Gasteiger partial charge in [-0.05, 0) is 24.5 Å². The molecule has 0 atom stereocenters. The first-order chi connectivity index (χ1) is 7.79. The van der Waals surface area contributed by atoms with Crippen LogP contribution in [0.2, 0.25) is 0 Å². The highest BCUT2D eigenvalue weighted by Crippen LogP contribution is 2.15. The Morgan fingerprint density at radius 2 is 2.31 bits per heavy atom. The first-order valence-electron chi connectivity index (χ1n) is 6.07. The molecule has 3 nitrogen and oxygen atoms in total. The first-order valence-corrected chi connectivity index (χ1v) is 6.07. The van der Waals surface area contributed by atoms with Gasteiger partial charge in [-0.25, -0.2) is 0 Å². The Labute approximate surface area is 98.2 Å². The summed E-state index contributed by atoms with van der Waals surface area (Å²) in [7, 11) is 1.77. The minimum absolute atomic E-state index is 0.803. The van der Waals surface area contributed by atoms with E-state index in [-0.39, 0.29) is 0 Å². The molecule has 0 aromatic heterocycles. The Hall–Kier alpha value is -0.640. The predicted molar refractivity (Wildman–Crippen MR) is 66.6 cm³/mol. The molecule has 0 radical (unpaired) electrons. The number of hydrogen-bond donors (Lipinski definition) is 1. The van der Waals surface area contributed by atoms with Crippen LogP contribution in [0.25, 0.3) is 0 Å². The number of nitrogens with one attached hydrogen (secondary N) is 1. The molecule has 0 bridgehead atoms. The van der Waals surface area contributed by atoms with Crippen LogP contribution in [-0.2, 0) is 4.74 Å². The molecule has 0 spiro atoms. The third-order valence-corrected chi connectivity index (χ3v) is 3.46. The van der Waals surface area contributed by atoms with E-state index in [0.717, 1.165) is 39.2 Å². The molecule has 1 saturated heterocycles. The molecule has 2 aliphatic rings. The standard InChI is InChI=1S/C13H22N2O/c1-11(13-7-14-8-13)9-15-5-3-12(4-6-15)10-16-2/h3,14H,4-10H2,1-2H3. The van der Waals surface area contributed by atoms with Gasteiger partial charge in [-0.1, -0.05) is 11.6 Å². The van der Waals surface area contributed by atoms with Crippen molar-refractivity contribution >= 4 is 0 Å². The van der Waals surface area contributed by atoms with Gasteiger partial charge in [0, 0.05) is 39.8 Å². The van der Waals surface area contributed by atoms with E-state index in [4.69, 9.17) is 4.74 Å². The number of nitrogens with zero attached hydrogens (tertiary/aromatic N) is 1. The van der Waals surface area contributed by atoms with Crippen LogP contribution in [0.5, 0.6) is 0 Å². The average Bonchev–Trinajstić information content (AvgIpc) is 2.18. The third kappa shape index (κ3) is 2.94. The van der Waals surface area contributed by atoms with E-state index in [1.54, 1.807) is 18.3 Å². The lowest BCUT2D eigenvalue weighted by Crippen LogP contribution is -2.37. The summed E-state index contributed by atoms with van der Waals surface area (Å²) < 4.78 is 5.16. The van der Waals surface area contributed by atoms with Crippen molar-refractivity contribution in [2.75, 3.05) is 46.4 Å². The topological polar surface area (TPSA) is 24.5 Å². The molecule has 1 fully saturated rings. The van der Waals surface area contributed by atoms with Gasteiger partial charge in [-0.15, -0.1) is 0 Å². The molecular formula is C13H22N2O. The van der Waals surface area contributed by atoms with Crippen molar-refractivity contribution in [2.24, 2.45) is 0 Å². The summed E-state index contributed by atoms with van der Waals surface area (Å²) in [6.45, 7) is 8.66. The van der Waals surface area contributed by atoms with Crippen LogP contribution >= 0.6 is 0 Å². The second kappa shape index (κ2) is 5.62. The van der Waals surface area contributed by atoms with Crippen LogP contribution in [-0.4, -0.2) is 51.3 Å². The molecule has 90 valence electrons. The SMILES string of the molecule is COCC1=CCN(CC(C)=C2CNC2)CC1. The van der Waals surface area contributed by atoms with Gasteiger partial charge in [-0.2, -0.15) is 0 Å². The summed E-state index contributed by atoms with van der Waals surface area (Å²) >= 11 is 0. The molecular weight excluding hydrogens is 200 g/mol. The van der Waals surface area contributed by atoms with E-state index in [2.05, 4.69) is 23.2 Å². The number of hydrogen-bond acceptors (Lipinski definition) is 3.